The molecule has 0 bridgehead atoms. The number of aryl methyl sites for hydroxylation is 1. The van der Waals surface area contributed by atoms with E-state index in [2.05, 4.69) is 70.2 Å². The third kappa shape index (κ3) is 3.70. The Labute approximate surface area is 151 Å². The zero-order chi connectivity index (χ0) is 17.1. The maximum absolute atomic E-state index is 11.5. The Balaban J connectivity index is 2.00. The van der Waals surface area contributed by atoms with E-state index < -0.39 is 5.97 Å². The van der Waals surface area contributed by atoms with Crippen molar-refractivity contribution in [3.8, 4) is 0 Å². The summed E-state index contributed by atoms with van der Waals surface area (Å²) in [5.41, 5.74) is 3.70. The number of carboxylic acids is 1. The van der Waals surface area contributed by atoms with Gasteiger partial charge in [0.25, 0.3) is 0 Å². The lowest BCUT2D eigenvalue weighted by molar-refractivity contribution is -0.143. The smallest absolute Gasteiger partial charge is 0.307 e. The summed E-state index contributed by atoms with van der Waals surface area (Å²) in [7, 11) is 0. The maximum Gasteiger partial charge on any atom is 0.307 e. The molecule has 0 amide bonds. The van der Waals surface area contributed by atoms with E-state index in [-0.39, 0.29) is 12.0 Å². The lowest BCUT2D eigenvalue weighted by Crippen LogP contribution is -2.41. The molecule has 2 aromatic carbocycles. The minimum Gasteiger partial charge on any atom is -0.481 e. The SMILES string of the molecule is Cc1ccccc1C(c1ccc(Br)cc1)N1CCCC(C(=O)O)C1. The van der Waals surface area contributed by atoms with Crippen molar-refractivity contribution in [1.82, 2.24) is 4.90 Å². The van der Waals surface area contributed by atoms with Crippen LogP contribution in [0.15, 0.2) is 53.0 Å². The molecule has 24 heavy (non-hydrogen) atoms. The molecular weight excluding hydrogens is 366 g/mol. The Morgan fingerprint density at radius 2 is 1.92 bits per heavy atom. The predicted octanol–water partition coefficient (Wildman–Crippen LogP) is 4.64. The van der Waals surface area contributed by atoms with Crippen molar-refractivity contribution in [3.63, 3.8) is 0 Å². The van der Waals surface area contributed by atoms with Gasteiger partial charge in [0.2, 0.25) is 0 Å². The van der Waals surface area contributed by atoms with Crippen LogP contribution < -0.4 is 0 Å². The van der Waals surface area contributed by atoms with Crippen LogP contribution in [0.25, 0.3) is 0 Å². The summed E-state index contributed by atoms with van der Waals surface area (Å²) in [6, 6.07) is 16.9. The first-order valence-electron chi connectivity index (χ1n) is 8.34. The average molecular weight is 388 g/mol. The van der Waals surface area contributed by atoms with Crippen LogP contribution in [0.1, 0.15) is 35.6 Å². The highest BCUT2D eigenvalue weighted by atomic mass is 79.9. The number of hydrogen-bond acceptors (Lipinski definition) is 2. The molecule has 0 aliphatic carbocycles. The van der Waals surface area contributed by atoms with E-state index in [0.29, 0.717) is 6.54 Å². The van der Waals surface area contributed by atoms with Crippen molar-refractivity contribution in [2.24, 2.45) is 5.92 Å². The van der Waals surface area contributed by atoms with Gasteiger partial charge in [-0.15, -0.1) is 0 Å². The minimum absolute atomic E-state index is 0.0986. The van der Waals surface area contributed by atoms with Crippen molar-refractivity contribution in [1.29, 1.82) is 0 Å². The maximum atomic E-state index is 11.5. The number of rotatable bonds is 4. The van der Waals surface area contributed by atoms with Gasteiger partial charge in [-0.05, 0) is 55.1 Å². The monoisotopic (exact) mass is 387 g/mol. The molecule has 1 N–H and O–H groups in total. The van der Waals surface area contributed by atoms with Crippen molar-refractivity contribution < 1.29 is 9.90 Å². The highest BCUT2D eigenvalue weighted by molar-refractivity contribution is 9.10. The normalized spacial score (nSPS) is 19.8. The largest absolute Gasteiger partial charge is 0.481 e. The molecule has 0 spiro atoms. The number of carboxylic acid groups (broad SMARTS) is 1. The van der Waals surface area contributed by atoms with Gasteiger partial charge in [-0.1, -0.05) is 52.3 Å². The van der Waals surface area contributed by atoms with Gasteiger partial charge in [-0.2, -0.15) is 0 Å². The van der Waals surface area contributed by atoms with Crippen LogP contribution >= 0.6 is 15.9 Å². The first kappa shape index (κ1) is 17.2. The summed E-state index contributed by atoms with van der Waals surface area (Å²) >= 11 is 3.50. The van der Waals surface area contributed by atoms with E-state index in [4.69, 9.17) is 0 Å². The van der Waals surface area contributed by atoms with Crippen molar-refractivity contribution >= 4 is 21.9 Å². The molecule has 1 saturated heterocycles. The standard InChI is InChI=1S/C20H22BrNO2/c1-14-5-2-3-7-18(14)19(15-8-10-17(21)11-9-15)22-12-4-6-16(13-22)20(23)24/h2-3,5,7-11,16,19H,4,6,12-13H2,1H3,(H,23,24). The zero-order valence-corrected chi connectivity index (χ0v) is 15.4. The second kappa shape index (κ2) is 7.49. The van der Waals surface area contributed by atoms with Gasteiger partial charge in [-0.3, -0.25) is 9.69 Å². The number of carbonyl (C=O) groups is 1. The lowest BCUT2D eigenvalue weighted by atomic mass is 9.89. The van der Waals surface area contributed by atoms with Crippen LogP contribution in [-0.2, 0) is 4.79 Å². The Morgan fingerprint density at radius 1 is 1.21 bits per heavy atom. The number of aliphatic carboxylic acids is 1. The summed E-state index contributed by atoms with van der Waals surface area (Å²) in [4.78, 5) is 13.8. The third-order valence-corrected chi connectivity index (χ3v) is 5.36. The van der Waals surface area contributed by atoms with Crippen LogP contribution in [-0.4, -0.2) is 29.1 Å². The van der Waals surface area contributed by atoms with Gasteiger partial charge in [0.05, 0.1) is 12.0 Å². The van der Waals surface area contributed by atoms with Crippen LogP contribution in [0, 0.1) is 12.8 Å². The van der Waals surface area contributed by atoms with Gasteiger partial charge >= 0.3 is 5.97 Å². The van der Waals surface area contributed by atoms with E-state index in [1.807, 2.05) is 6.07 Å². The number of nitrogens with zero attached hydrogens (tertiary/aromatic N) is 1. The van der Waals surface area contributed by atoms with Crippen LogP contribution in [0.3, 0.4) is 0 Å². The quantitative estimate of drug-likeness (QED) is 0.830. The van der Waals surface area contributed by atoms with Gasteiger partial charge < -0.3 is 5.11 Å². The highest BCUT2D eigenvalue weighted by Gasteiger charge is 2.31. The molecule has 3 nitrogen and oxygen atoms in total. The predicted molar refractivity (Wildman–Crippen MR) is 99.1 cm³/mol. The van der Waals surface area contributed by atoms with Crippen LogP contribution in [0.5, 0.6) is 0 Å². The van der Waals surface area contributed by atoms with Gasteiger partial charge in [-0.25, -0.2) is 0 Å². The van der Waals surface area contributed by atoms with E-state index >= 15 is 0 Å². The molecule has 0 saturated carbocycles. The molecule has 0 aromatic heterocycles. The molecule has 1 aliphatic heterocycles. The number of piperidine rings is 1. The molecule has 2 aromatic rings. The number of benzene rings is 2. The highest BCUT2D eigenvalue weighted by Crippen LogP contribution is 2.34. The lowest BCUT2D eigenvalue weighted by Gasteiger charge is -2.38. The number of likely N-dealkylation sites (tertiary alicyclic amines) is 1. The first-order valence-corrected chi connectivity index (χ1v) is 9.13. The van der Waals surface area contributed by atoms with Gasteiger partial charge in [0.15, 0.2) is 0 Å². The van der Waals surface area contributed by atoms with Crippen LogP contribution in [0.2, 0.25) is 0 Å². The fourth-order valence-electron chi connectivity index (χ4n) is 3.57. The van der Waals surface area contributed by atoms with Gasteiger partial charge in [0.1, 0.15) is 0 Å². The van der Waals surface area contributed by atoms with E-state index in [0.717, 1.165) is 23.9 Å². The van der Waals surface area contributed by atoms with Crippen LogP contribution in [0.4, 0.5) is 0 Å². The molecular formula is C20H22BrNO2. The summed E-state index contributed by atoms with van der Waals surface area (Å²) in [5.74, 6) is -0.959. The molecule has 1 aliphatic rings. The minimum atomic E-state index is -0.681. The molecule has 2 unspecified atom stereocenters. The van der Waals surface area contributed by atoms with Crippen molar-refractivity contribution in [2.45, 2.75) is 25.8 Å². The molecule has 3 rings (SSSR count). The molecule has 1 heterocycles. The van der Waals surface area contributed by atoms with E-state index in [9.17, 15) is 9.90 Å². The van der Waals surface area contributed by atoms with Crippen molar-refractivity contribution in [3.05, 3.63) is 69.7 Å². The molecule has 126 valence electrons. The third-order valence-electron chi connectivity index (χ3n) is 4.84. The summed E-state index contributed by atoms with van der Waals surface area (Å²) < 4.78 is 1.05. The Kier molecular flexibility index (Phi) is 5.36. The molecule has 2 atom stereocenters. The summed E-state index contributed by atoms with van der Waals surface area (Å²) in [6.45, 7) is 3.66. The van der Waals surface area contributed by atoms with E-state index in [1.165, 1.54) is 16.7 Å². The fraction of sp³-hybridized carbons (Fsp3) is 0.350. The Bertz CT molecular complexity index is 714. The Hall–Kier alpha value is -1.65. The second-order valence-corrected chi connectivity index (χ2v) is 7.40. The van der Waals surface area contributed by atoms with Gasteiger partial charge in [0, 0.05) is 11.0 Å². The number of halogens is 1. The zero-order valence-electron chi connectivity index (χ0n) is 13.8. The fourth-order valence-corrected chi connectivity index (χ4v) is 3.83. The topological polar surface area (TPSA) is 40.5 Å². The molecule has 1 fully saturated rings. The average Bonchev–Trinajstić information content (AvgIpc) is 2.59. The Morgan fingerprint density at radius 3 is 2.58 bits per heavy atom. The summed E-state index contributed by atoms with van der Waals surface area (Å²) in [6.07, 6.45) is 1.70. The summed E-state index contributed by atoms with van der Waals surface area (Å²) in [5, 5.41) is 9.44. The molecule has 4 heteroatoms. The van der Waals surface area contributed by atoms with E-state index in [1.54, 1.807) is 0 Å². The number of hydrogen-bond donors (Lipinski definition) is 1. The van der Waals surface area contributed by atoms with Crippen molar-refractivity contribution in [2.75, 3.05) is 13.1 Å². The first-order chi connectivity index (χ1) is 11.6. The molecule has 0 radical (unpaired) electrons. The second-order valence-electron chi connectivity index (χ2n) is 6.48.